The van der Waals surface area contributed by atoms with Gasteiger partial charge in [0, 0.05) is 12.0 Å². The van der Waals surface area contributed by atoms with Crippen molar-refractivity contribution in [3.8, 4) is 0 Å². The molecule has 0 bridgehead atoms. The lowest BCUT2D eigenvalue weighted by atomic mass is 10.5. The smallest absolute Gasteiger partial charge is 0.0954 e. The standard InChI is InChI=1S/C6H11N2P/c1-5-3-8(4-7-5)6(2)9/h3-4,6H,9H2,1-2H3. The third kappa shape index (κ3) is 1.52. The molecule has 0 aliphatic rings. The molecular weight excluding hydrogens is 131 g/mol. The Morgan fingerprint density at radius 2 is 2.44 bits per heavy atom. The molecule has 0 aliphatic carbocycles. The van der Waals surface area contributed by atoms with Crippen LogP contribution in [0.1, 0.15) is 18.4 Å². The average molecular weight is 142 g/mol. The molecule has 1 heterocycles. The first-order chi connectivity index (χ1) is 4.20. The maximum absolute atomic E-state index is 4.09. The van der Waals surface area contributed by atoms with E-state index in [9.17, 15) is 0 Å². The lowest BCUT2D eigenvalue weighted by Crippen LogP contribution is -1.91. The van der Waals surface area contributed by atoms with E-state index >= 15 is 0 Å². The van der Waals surface area contributed by atoms with Gasteiger partial charge in [-0.3, -0.25) is 0 Å². The van der Waals surface area contributed by atoms with Crippen molar-refractivity contribution in [2.45, 2.75) is 19.6 Å². The van der Waals surface area contributed by atoms with Gasteiger partial charge in [-0.2, -0.15) is 0 Å². The minimum absolute atomic E-state index is 0.450. The third-order valence-corrected chi connectivity index (χ3v) is 1.55. The number of nitrogens with zero attached hydrogens (tertiary/aromatic N) is 2. The summed E-state index contributed by atoms with van der Waals surface area (Å²) < 4.78 is 2.06. The van der Waals surface area contributed by atoms with Crippen LogP contribution >= 0.6 is 9.24 Å². The van der Waals surface area contributed by atoms with Crippen LogP contribution in [0.15, 0.2) is 12.5 Å². The van der Waals surface area contributed by atoms with E-state index < -0.39 is 0 Å². The zero-order valence-electron chi connectivity index (χ0n) is 5.70. The van der Waals surface area contributed by atoms with E-state index in [-0.39, 0.29) is 0 Å². The van der Waals surface area contributed by atoms with Crippen LogP contribution < -0.4 is 0 Å². The Hall–Kier alpha value is -0.360. The molecule has 50 valence electrons. The maximum Gasteiger partial charge on any atom is 0.0954 e. The zero-order chi connectivity index (χ0) is 6.85. The summed E-state index contributed by atoms with van der Waals surface area (Å²) in [6.45, 7) is 4.09. The van der Waals surface area contributed by atoms with Crippen LogP contribution in [0.2, 0.25) is 0 Å². The van der Waals surface area contributed by atoms with Crippen LogP contribution in [0.3, 0.4) is 0 Å². The van der Waals surface area contributed by atoms with E-state index in [4.69, 9.17) is 0 Å². The molecule has 0 spiro atoms. The number of imidazole rings is 1. The van der Waals surface area contributed by atoms with E-state index in [0.717, 1.165) is 5.69 Å². The van der Waals surface area contributed by atoms with Crippen LogP contribution in [-0.4, -0.2) is 9.55 Å². The molecule has 0 saturated carbocycles. The second kappa shape index (κ2) is 2.49. The fourth-order valence-corrected chi connectivity index (χ4v) is 0.826. The number of aromatic nitrogens is 2. The summed E-state index contributed by atoms with van der Waals surface area (Å²) in [4.78, 5) is 4.09. The van der Waals surface area contributed by atoms with Crippen LogP contribution in [0.5, 0.6) is 0 Å². The Kier molecular flexibility index (Phi) is 1.87. The van der Waals surface area contributed by atoms with Gasteiger partial charge in [0.2, 0.25) is 0 Å². The molecule has 1 aromatic heterocycles. The Labute approximate surface area is 57.5 Å². The highest BCUT2D eigenvalue weighted by Crippen LogP contribution is 2.12. The second-order valence-electron chi connectivity index (χ2n) is 2.20. The lowest BCUT2D eigenvalue weighted by Gasteiger charge is -2.02. The molecule has 0 saturated heterocycles. The molecule has 0 radical (unpaired) electrons. The largest absolute Gasteiger partial charge is 0.331 e. The Morgan fingerprint density at radius 1 is 1.78 bits per heavy atom. The molecule has 1 rings (SSSR count). The van der Waals surface area contributed by atoms with E-state index in [1.807, 2.05) is 19.4 Å². The van der Waals surface area contributed by atoms with Gasteiger partial charge < -0.3 is 4.57 Å². The van der Waals surface area contributed by atoms with Gasteiger partial charge in [-0.05, 0) is 13.8 Å². The van der Waals surface area contributed by atoms with Crippen molar-refractivity contribution in [2.75, 3.05) is 0 Å². The number of hydrogen-bond donors (Lipinski definition) is 0. The van der Waals surface area contributed by atoms with Crippen molar-refractivity contribution in [1.29, 1.82) is 0 Å². The summed E-state index contributed by atoms with van der Waals surface area (Å²) in [5, 5.41) is 0. The monoisotopic (exact) mass is 142 g/mol. The van der Waals surface area contributed by atoms with Gasteiger partial charge >= 0.3 is 0 Å². The molecule has 2 nitrogen and oxygen atoms in total. The SMILES string of the molecule is Cc1cn(C(C)P)cn1. The van der Waals surface area contributed by atoms with Crippen LogP contribution in [-0.2, 0) is 0 Å². The molecule has 1 aromatic rings. The summed E-state index contributed by atoms with van der Waals surface area (Å²) in [5.41, 5.74) is 1.07. The predicted molar refractivity (Wildman–Crippen MR) is 41.4 cm³/mol. The molecule has 0 aromatic carbocycles. The molecule has 9 heavy (non-hydrogen) atoms. The van der Waals surface area contributed by atoms with Gasteiger partial charge in [0.1, 0.15) is 0 Å². The number of hydrogen-bond acceptors (Lipinski definition) is 1. The summed E-state index contributed by atoms with van der Waals surface area (Å²) in [5.74, 6) is 0.450. The highest BCUT2D eigenvalue weighted by atomic mass is 31.0. The van der Waals surface area contributed by atoms with Gasteiger partial charge in [0.15, 0.2) is 0 Å². The second-order valence-corrected chi connectivity index (χ2v) is 3.17. The summed E-state index contributed by atoms with van der Waals surface area (Å²) in [6.07, 6.45) is 3.87. The van der Waals surface area contributed by atoms with Crippen molar-refractivity contribution >= 4 is 9.24 Å². The van der Waals surface area contributed by atoms with E-state index in [1.54, 1.807) is 0 Å². The normalized spacial score (nSPS) is 13.7. The number of aryl methyl sites for hydroxylation is 1. The molecule has 0 fully saturated rings. The Balaban J connectivity index is 2.85. The van der Waals surface area contributed by atoms with E-state index in [1.165, 1.54) is 0 Å². The fraction of sp³-hybridized carbons (Fsp3) is 0.500. The molecule has 3 heteroatoms. The van der Waals surface area contributed by atoms with Crippen molar-refractivity contribution in [3.63, 3.8) is 0 Å². The van der Waals surface area contributed by atoms with Gasteiger partial charge in [0.25, 0.3) is 0 Å². The number of rotatable bonds is 1. The third-order valence-electron chi connectivity index (χ3n) is 1.20. The van der Waals surface area contributed by atoms with Crippen molar-refractivity contribution < 1.29 is 0 Å². The first-order valence-corrected chi connectivity index (χ1v) is 3.62. The summed E-state index contributed by atoms with van der Waals surface area (Å²) >= 11 is 0. The first-order valence-electron chi connectivity index (χ1n) is 2.96. The molecule has 2 atom stereocenters. The average Bonchev–Trinajstić information content (AvgIpc) is 2.14. The molecular formula is C6H11N2P. The Bertz CT molecular complexity index is 193. The van der Waals surface area contributed by atoms with E-state index in [0.29, 0.717) is 5.78 Å². The van der Waals surface area contributed by atoms with Crippen LogP contribution in [0, 0.1) is 6.92 Å². The Morgan fingerprint density at radius 3 is 2.67 bits per heavy atom. The highest BCUT2D eigenvalue weighted by Gasteiger charge is 1.95. The fourth-order valence-electron chi connectivity index (χ4n) is 0.663. The molecule has 0 aliphatic heterocycles. The topological polar surface area (TPSA) is 17.8 Å². The maximum atomic E-state index is 4.09. The van der Waals surface area contributed by atoms with Crippen molar-refractivity contribution in [1.82, 2.24) is 9.55 Å². The summed E-state index contributed by atoms with van der Waals surface area (Å²) in [7, 11) is 2.71. The molecule has 0 amide bonds. The predicted octanol–water partition coefficient (Wildman–Crippen LogP) is 1.59. The van der Waals surface area contributed by atoms with Crippen LogP contribution in [0.4, 0.5) is 0 Å². The first kappa shape index (κ1) is 6.76. The van der Waals surface area contributed by atoms with Gasteiger partial charge in [-0.1, -0.05) is 0 Å². The molecule has 2 unspecified atom stereocenters. The van der Waals surface area contributed by atoms with Gasteiger partial charge in [-0.25, -0.2) is 4.98 Å². The minimum atomic E-state index is 0.450. The van der Waals surface area contributed by atoms with Crippen molar-refractivity contribution in [3.05, 3.63) is 18.2 Å². The summed E-state index contributed by atoms with van der Waals surface area (Å²) in [6, 6.07) is 0. The van der Waals surface area contributed by atoms with Crippen molar-refractivity contribution in [2.24, 2.45) is 0 Å². The highest BCUT2D eigenvalue weighted by molar-refractivity contribution is 7.16. The minimum Gasteiger partial charge on any atom is -0.331 e. The van der Waals surface area contributed by atoms with E-state index in [2.05, 4.69) is 25.7 Å². The quantitative estimate of drug-likeness (QED) is 0.544. The zero-order valence-corrected chi connectivity index (χ0v) is 6.86. The lowest BCUT2D eigenvalue weighted by molar-refractivity contribution is 0.738. The molecule has 0 N–H and O–H groups in total. The van der Waals surface area contributed by atoms with Crippen LogP contribution in [0.25, 0.3) is 0 Å². The van der Waals surface area contributed by atoms with Gasteiger partial charge in [-0.15, -0.1) is 9.24 Å². The van der Waals surface area contributed by atoms with Gasteiger partial charge in [0.05, 0.1) is 12.0 Å².